The lowest BCUT2D eigenvalue weighted by Crippen LogP contribution is -2.52. The van der Waals surface area contributed by atoms with E-state index < -0.39 is 29.5 Å². The smallest absolute Gasteiger partial charge is 0.416 e. The van der Waals surface area contributed by atoms with E-state index in [-0.39, 0.29) is 62.1 Å². The molecule has 0 radical (unpaired) electrons. The van der Waals surface area contributed by atoms with E-state index in [9.17, 15) is 31.1 Å². The molecule has 230 valence electrons. The number of rotatable bonds is 7. The minimum Gasteiger partial charge on any atom is -0.454 e. The first-order valence-electron chi connectivity index (χ1n) is 12.7. The first kappa shape index (κ1) is 34.8. The Bertz CT molecular complexity index is 1160. The number of benzene rings is 2. The fourth-order valence-electron chi connectivity index (χ4n) is 4.95. The Kier molecular flexibility index (Phi) is 11.6. The lowest BCUT2D eigenvalue weighted by atomic mass is 10.00. The summed E-state index contributed by atoms with van der Waals surface area (Å²) in [4.78, 5) is 19.5. The summed E-state index contributed by atoms with van der Waals surface area (Å²) in [5, 5.41) is 0. The number of hydrogen-bond acceptors (Lipinski definition) is 5. The second-order valence-corrected chi connectivity index (χ2v) is 10.1. The molecule has 2 aromatic rings. The minimum absolute atomic E-state index is 0. The van der Waals surface area contributed by atoms with Crippen LogP contribution in [-0.4, -0.2) is 73.2 Å². The molecule has 0 bridgehead atoms. The maximum absolute atomic E-state index is 13.8. The van der Waals surface area contributed by atoms with Gasteiger partial charge in [0.05, 0.1) is 11.1 Å². The van der Waals surface area contributed by atoms with Crippen LogP contribution in [0.4, 0.5) is 26.3 Å². The molecule has 4 rings (SSSR count). The number of piperazine rings is 1. The van der Waals surface area contributed by atoms with Crippen molar-refractivity contribution in [1.29, 1.82) is 0 Å². The predicted molar refractivity (Wildman–Crippen MR) is 146 cm³/mol. The number of fused-ring (bicyclic) bond motifs is 1. The fraction of sp³-hybridized carbons (Fsp3) is 0.519. The van der Waals surface area contributed by atoms with Crippen molar-refractivity contribution < 1.29 is 40.6 Å². The van der Waals surface area contributed by atoms with Gasteiger partial charge < -0.3 is 14.4 Å². The van der Waals surface area contributed by atoms with E-state index in [1.807, 2.05) is 4.90 Å². The summed E-state index contributed by atoms with van der Waals surface area (Å²) < 4.78 is 90.9. The van der Waals surface area contributed by atoms with E-state index in [1.54, 1.807) is 18.2 Å². The highest BCUT2D eigenvalue weighted by atomic mass is 35.5. The number of nitrogens with zero attached hydrogens (tertiary/aromatic N) is 3. The van der Waals surface area contributed by atoms with Gasteiger partial charge >= 0.3 is 12.4 Å². The van der Waals surface area contributed by atoms with Gasteiger partial charge in [-0.15, -0.1) is 24.8 Å². The maximum Gasteiger partial charge on any atom is 0.416 e. The van der Waals surface area contributed by atoms with Crippen LogP contribution in [0.5, 0.6) is 11.5 Å². The number of likely N-dealkylation sites (N-methyl/N-ethyl adjacent to an activating group) is 1. The van der Waals surface area contributed by atoms with Crippen LogP contribution in [0.1, 0.15) is 42.1 Å². The number of hydrogen-bond donors (Lipinski definition) is 0. The van der Waals surface area contributed by atoms with Gasteiger partial charge in [0.1, 0.15) is 6.04 Å². The molecule has 0 aromatic heterocycles. The average molecular weight is 632 g/mol. The molecule has 1 amide bonds. The summed E-state index contributed by atoms with van der Waals surface area (Å²) in [6, 6.07) is 6.36. The monoisotopic (exact) mass is 631 g/mol. The molecule has 1 unspecified atom stereocenters. The van der Waals surface area contributed by atoms with E-state index in [1.165, 1.54) is 11.9 Å². The maximum atomic E-state index is 13.8. The van der Waals surface area contributed by atoms with Crippen molar-refractivity contribution in [2.45, 2.75) is 44.7 Å². The van der Waals surface area contributed by atoms with Crippen LogP contribution in [0.15, 0.2) is 36.4 Å². The number of alkyl halides is 6. The predicted octanol–water partition coefficient (Wildman–Crippen LogP) is 6.06. The number of carbonyl (C=O) groups is 1. The average Bonchev–Trinajstić information content (AvgIpc) is 3.36. The summed E-state index contributed by atoms with van der Waals surface area (Å²) >= 11 is 0. The molecule has 2 aromatic carbocycles. The SMILES string of the molecule is CC(C)N1CCN(C(C(=O)N(C)CCc2cc(C(F)(F)F)cc(C(F)(F)F)c2)c2cccc3c2OCO3)CC1.Cl.Cl. The van der Waals surface area contributed by atoms with Crippen LogP contribution in [0.2, 0.25) is 0 Å². The van der Waals surface area contributed by atoms with E-state index in [2.05, 4.69) is 18.7 Å². The summed E-state index contributed by atoms with van der Waals surface area (Å²) in [5.41, 5.74) is -2.30. The van der Waals surface area contributed by atoms with E-state index in [4.69, 9.17) is 9.47 Å². The normalized spacial score (nSPS) is 16.6. The van der Waals surface area contributed by atoms with Gasteiger partial charge in [-0.2, -0.15) is 26.3 Å². The highest BCUT2D eigenvalue weighted by molar-refractivity contribution is 5.86. The quantitative estimate of drug-likeness (QED) is 0.348. The molecule has 14 heteroatoms. The van der Waals surface area contributed by atoms with Crippen molar-refractivity contribution >= 4 is 30.7 Å². The van der Waals surface area contributed by atoms with E-state index >= 15 is 0 Å². The number of ether oxygens (including phenoxy) is 2. The van der Waals surface area contributed by atoms with Gasteiger partial charge in [-0.25, -0.2) is 0 Å². The minimum atomic E-state index is -4.93. The van der Waals surface area contributed by atoms with Crippen molar-refractivity contribution in [1.82, 2.24) is 14.7 Å². The molecule has 41 heavy (non-hydrogen) atoms. The molecule has 1 saturated heterocycles. The summed E-state index contributed by atoms with van der Waals surface area (Å²) in [6.07, 6.45) is -10.1. The Balaban J connectivity index is 0.00000294. The first-order chi connectivity index (χ1) is 18.3. The molecule has 2 heterocycles. The molecule has 2 aliphatic rings. The Morgan fingerprint density at radius 3 is 2.00 bits per heavy atom. The van der Waals surface area contributed by atoms with Gasteiger partial charge in [-0.1, -0.05) is 12.1 Å². The number of halogens is 8. The Hall–Kier alpha value is -2.41. The molecule has 1 fully saturated rings. The van der Waals surface area contributed by atoms with Crippen LogP contribution in [-0.2, 0) is 23.6 Å². The zero-order valence-electron chi connectivity index (χ0n) is 22.7. The summed E-state index contributed by atoms with van der Waals surface area (Å²) in [6.45, 7) is 6.79. The lowest BCUT2D eigenvalue weighted by Gasteiger charge is -2.41. The molecule has 2 aliphatic heterocycles. The van der Waals surface area contributed by atoms with Gasteiger partial charge in [-0.3, -0.25) is 14.6 Å². The number of amides is 1. The number of carbonyl (C=O) groups excluding carboxylic acids is 1. The molecular formula is C27H33Cl2F6N3O3. The molecule has 0 N–H and O–H groups in total. The second kappa shape index (κ2) is 13.7. The zero-order valence-corrected chi connectivity index (χ0v) is 24.4. The molecule has 1 atom stereocenters. The topological polar surface area (TPSA) is 45.2 Å². The van der Waals surface area contributed by atoms with Crippen molar-refractivity contribution in [2.24, 2.45) is 0 Å². The standard InChI is InChI=1S/C27H31F6N3O3.2ClH/c1-17(2)35-9-11-36(12-10-35)23(21-5-4-6-22-24(21)39-16-38-22)25(37)34(3)8-7-18-13-19(26(28,29)30)15-20(14-18)27(31,32)33;;/h4-6,13-15,17,23H,7-12,16H2,1-3H3;2*1H. The Morgan fingerprint density at radius 1 is 0.902 bits per heavy atom. The van der Waals surface area contributed by atoms with Crippen LogP contribution < -0.4 is 9.47 Å². The largest absolute Gasteiger partial charge is 0.454 e. The third-order valence-corrected chi connectivity index (χ3v) is 7.16. The van der Waals surface area contributed by atoms with Gasteiger partial charge in [0, 0.05) is 51.4 Å². The first-order valence-corrected chi connectivity index (χ1v) is 12.7. The van der Waals surface area contributed by atoms with Crippen molar-refractivity contribution in [3.05, 3.63) is 58.7 Å². The zero-order chi connectivity index (χ0) is 28.5. The second-order valence-electron chi connectivity index (χ2n) is 10.1. The van der Waals surface area contributed by atoms with Crippen molar-refractivity contribution in [2.75, 3.05) is 46.6 Å². The van der Waals surface area contributed by atoms with Gasteiger partial charge in [0.15, 0.2) is 11.5 Å². The van der Waals surface area contributed by atoms with Gasteiger partial charge in [0.25, 0.3) is 0 Å². The van der Waals surface area contributed by atoms with E-state index in [0.717, 1.165) is 13.1 Å². The Morgan fingerprint density at radius 2 is 1.46 bits per heavy atom. The van der Waals surface area contributed by atoms with Gasteiger partial charge in [0.2, 0.25) is 12.7 Å². The fourth-order valence-corrected chi connectivity index (χ4v) is 4.95. The number of para-hydroxylation sites is 1. The van der Waals surface area contributed by atoms with Crippen LogP contribution >= 0.6 is 24.8 Å². The molecule has 0 aliphatic carbocycles. The molecule has 0 spiro atoms. The van der Waals surface area contributed by atoms with Crippen LogP contribution in [0.25, 0.3) is 0 Å². The third-order valence-electron chi connectivity index (χ3n) is 7.16. The van der Waals surface area contributed by atoms with Crippen molar-refractivity contribution in [3.8, 4) is 11.5 Å². The van der Waals surface area contributed by atoms with E-state index in [0.29, 0.717) is 48.3 Å². The Labute approximate surface area is 247 Å². The molecule has 6 nitrogen and oxygen atoms in total. The highest BCUT2D eigenvalue weighted by Gasteiger charge is 2.38. The summed E-state index contributed by atoms with van der Waals surface area (Å²) in [7, 11) is 1.50. The van der Waals surface area contributed by atoms with Crippen LogP contribution in [0, 0.1) is 0 Å². The highest BCUT2D eigenvalue weighted by Crippen LogP contribution is 2.41. The van der Waals surface area contributed by atoms with Crippen LogP contribution in [0.3, 0.4) is 0 Å². The lowest BCUT2D eigenvalue weighted by molar-refractivity contribution is -0.143. The van der Waals surface area contributed by atoms with Gasteiger partial charge in [-0.05, 0) is 50.1 Å². The third kappa shape index (κ3) is 8.12. The van der Waals surface area contributed by atoms with Crippen molar-refractivity contribution in [3.63, 3.8) is 0 Å². The molecule has 0 saturated carbocycles. The molecular weight excluding hydrogens is 599 g/mol. The summed E-state index contributed by atoms with van der Waals surface area (Å²) in [5.74, 6) is 0.639.